The molecule has 0 unspecified atom stereocenters. The number of anilines is 1. The van der Waals surface area contributed by atoms with Gasteiger partial charge in [0.1, 0.15) is 6.20 Å². The minimum absolute atomic E-state index is 0.0346. The molecule has 2 aromatic rings. The summed E-state index contributed by atoms with van der Waals surface area (Å²) in [4.78, 5) is 37.4. The summed E-state index contributed by atoms with van der Waals surface area (Å²) in [7, 11) is 0. The van der Waals surface area contributed by atoms with Crippen LogP contribution in [0.25, 0.3) is 0 Å². The lowest BCUT2D eigenvalue weighted by Gasteiger charge is -2.20. The van der Waals surface area contributed by atoms with Crippen molar-refractivity contribution < 1.29 is 19.2 Å². The van der Waals surface area contributed by atoms with Crippen molar-refractivity contribution in [3.63, 3.8) is 0 Å². The van der Waals surface area contributed by atoms with Gasteiger partial charge < -0.3 is 9.57 Å². The van der Waals surface area contributed by atoms with Gasteiger partial charge in [0.2, 0.25) is 0 Å². The molecule has 0 aliphatic heterocycles. The zero-order valence-electron chi connectivity index (χ0n) is 12.1. The molecule has 1 fully saturated rings. The highest BCUT2D eigenvalue weighted by molar-refractivity contribution is 5.88. The molecule has 0 radical (unpaired) electrons. The molecule has 2 heterocycles. The molecular formula is C13H14N6O4. The van der Waals surface area contributed by atoms with Crippen LogP contribution in [0.5, 0.6) is 5.88 Å². The third-order valence-electron chi connectivity index (χ3n) is 3.38. The number of amides is 1. The number of rotatable bonds is 3. The van der Waals surface area contributed by atoms with Crippen LogP contribution in [-0.2, 0) is 9.63 Å². The van der Waals surface area contributed by atoms with Crippen molar-refractivity contribution in [3.8, 4) is 5.88 Å². The predicted molar refractivity (Wildman–Crippen MR) is 75.0 cm³/mol. The molecule has 1 saturated carbocycles. The first-order valence-corrected chi connectivity index (χ1v) is 7.09. The van der Waals surface area contributed by atoms with E-state index in [9.17, 15) is 9.59 Å². The quantitative estimate of drug-likeness (QED) is 0.839. The van der Waals surface area contributed by atoms with Crippen molar-refractivity contribution in [2.24, 2.45) is 5.92 Å². The molecular weight excluding hydrogens is 304 g/mol. The molecule has 23 heavy (non-hydrogen) atoms. The number of hydrogen-bond acceptors (Lipinski definition) is 8. The zero-order valence-corrected chi connectivity index (χ0v) is 12.1. The number of nitrogens with one attached hydrogen (secondary N) is 1. The summed E-state index contributed by atoms with van der Waals surface area (Å²) in [6.45, 7) is 0. The fourth-order valence-corrected chi connectivity index (χ4v) is 2.27. The highest BCUT2D eigenvalue weighted by atomic mass is 16.8. The molecule has 1 N–H and O–H groups in total. The Labute approximate surface area is 130 Å². The summed E-state index contributed by atoms with van der Waals surface area (Å²) in [5.74, 6) is -0.743. The molecule has 1 amide bonds. The summed E-state index contributed by atoms with van der Waals surface area (Å²) in [6.07, 6.45) is 7.75. The van der Waals surface area contributed by atoms with Crippen LogP contribution in [0.1, 0.15) is 25.7 Å². The zero-order chi connectivity index (χ0) is 16.1. The van der Waals surface area contributed by atoms with Gasteiger partial charge in [-0.25, -0.2) is 14.6 Å². The van der Waals surface area contributed by atoms with E-state index in [1.807, 2.05) is 0 Å². The Kier molecular flexibility index (Phi) is 4.41. The fraction of sp³-hybridized carbons (Fsp3) is 0.385. The number of aromatic nitrogens is 5. The first-order valence-electron chi connectivity index (χ1n) is 7.09. The number of hydrogen-bond donors (Lipinski definition) is 1. The van der Waals surface area contributed by atoms with Gasteiger partial charge in [0.25, 0.3) is 5.88 Å². The average molecular weight is 318 g/mol. The van der Waals surface area contributed by atoms with Crippen LogP contribution in [0.15, 0.2) is 24.8 Å². The van der Waals surface area contributed by atoms with Gasteiger partial charge in [0, 0.05) is 12.4 Å². The number of H-pyrrole nitrogens is 1. The second kappa shape index (κ2) is 6.81. The summed E-state index contributed by atoms with van der Waals surface area (Å²) in [5, 5.41) is 10.1. The van der Waals surface area contributed by atoms with Gasteiger partial charge in [-0.2, -0.15) is 10.3 Å². The minimum Gasteiger partial charge on any atom is -0.385 e. The van der Waals surface area contributed by atoms with Crippen molar-refractivity contribution in [2.45, 2.75) is 25.7 Å². The van der Waals surface area contributed by atoms with Crippen LogP contribution in [0.4, 0.5) is 10.6 Å². The molecule has 10 nitrogen and oxygen atoms in total. The van der Waals surface area contributed by atoms with Gasteiger partial charge >= 0.3 is 12.1 Å². The van der Waals surface area contributed by atoms with E-state index in [0.717, 1.165) is 25.7 Å². The third-order valence-corrected chi connectivity index (χ3v) is 3.38. The van der Waals surface area contributed by atoms with Gasteiger partial charge in [0.15, 0.2) is 5.82 Å². The highest BCUT2D eigenvalue weighted by Gasteiger charge is 2.31. The van der Waals surface area contributed by atoms with E-state index in [0.29, 0.717) is 5.06 Å². The lowest BCUT2D eigenvalue weighted by atomic mass is 10.1. The monoisotopic (exact) mass is 318 g/mol. The van der Waals surface area contributed by atoms with Crippen LogP contribution < -0.4 is 9.80 Å². The first-order chi connectivity index (χ1) is 11.2. The molecule has 0 aromatic carbocycles. The van der Waals surface area contributed by atoms with Gasteiger partial charge in [-0.1, -0.05) is 17.9 Å². The molecule has 0 atom stereocenters. The number of nitrogens with zero attached hydrogens (tertiary/aromatic N) is 5. The Bertz CT molecular complexity index is 656. The van der Waals surface area contributed by atoms with Gasteiger partial charge in [-0.3, -0.25) is 4.98 Å². The van der Waals surface area contributed by atoms with E-state index in [-0.39, 0.29) is 17.6 Å². The minimum atomic E-state index is -0.967. The standard InChI is InChI=1S/C13H14N6O4/c20-12(9-3-1-2-4-9)23-19(10-7-14-5-6-15-10)13(21)22-11-8-16-18-17-11/h5-9H,1-4H2,(H,16,17,18). The Hall–Kier alpha value is -3.04. The number of ether oxygens (including phenoxy) is 1. The molecule has 3 rings (SSSR count). The van der Waals surface area contributed by atoms with Crippen molar-refractivity contribution in [3.05, 3.63) is 24.8 Å². The topological polar surface area (TPSA) is 123 Å². The fourth-order valence-electron chi connectivity index (χ4n) is 2.27. The molecule has 120 valence electrons. The molecule has 1 aliphatic carbocycles. The maximum Gasteiger partial charge on any atom is 0.456 e. The largest absolute Gasteiger partial charge is 0.456 e. The Morgan fingerprint density at radius 2 is 2.04 bits per heavy atom. The maximum atomic E-state index is 12.2. The number of carbonyl (C=O) groups excluding carboxylic acids is 2. The second-order valence-corrected chi connectivity index (χ2v) is 4.93. The van der Waals surface area contributed by atoms with E-state index in [2.05, 4.69) is 25.4 Å². The van der Waals surface area contributed by atoms with Crippen LogP contribution >= 0.6 is 0 Å². The lowest BCUT2D eigenvalue weighted by molar-refractivity contribution is -0.149. The average Bonchev–Trinajstić information content (AvgIpc) is 3.26. The molecule has 10 heteroatoms. The van der Waals surface area contributed by atoms with Crippen molar-refractivity contribution in [1.29, 1.82) is 0 Å². The number of aromatic amines is 1. The Balaban J connectivity index is 1.76. The predicted octanol–water partition coefficient (Wildman–Crippen LogP) is 1.25. The van der Waals surface area contributed by atoms with Gasteiger partial charge in [-0.05, 0) is 12.8 Å². The summed E-state index contributed by atoms with van der Waals surface area (Å²) in [6, 6.07) is 0. The van der Waals surface area contributed by atoms with Crippen molar-refractivity contribution in [1.82, 2.24) is 25.4 Å². The molecule has 2 aromatic heterocycles. The normalized spacial score (nSPS) is 14.4. The van der Waals surface area contributed by atoms with Crippen molar-refractivity contribution in [2.75, 3.05) is 5.06 Å². The van der Waals surface area contributed by atoms with Crippen LogP contribution in [0.3, 0.4) is 0 Å². The molecule has 0 saturated heterocycles. The van der Waals surface area contributed by atoms with Gasteiger partial charge in [-0.15, -0.1) is 5.10 Å². The first kappa shape index (κ1) is 14.9. The van der Waals surface area contributed by atoms with E-state index in [1.54, 1.807) is 0 Å². The van der Waals surface area contributed by atoms with E-state index < -0.39 is 12.1 Å². The summed E-state index contributed by atoms with van der Waals surface area (Å²) < 4.78 is 4.97. The van der Waals surface area contributed by atoms with E-state index in [4.69, 9.17) is 9.57 Å². The molecule has 1 aliphatic rings. The van der Waals surface area contributed by atoms with E-state index >= 15 is 0 Å². The van der Waals surface area contributed by atoms with E-state index in [1.165, 1.54) is 24.8 Å². The Morgan fingerprint density at radius 3 is 2.70 bits per heavy atom. The van der Waals surface area contributed by atoms with Crippen LogP contribution in [0.2, 0.25) is 0 Å². The van der Waals surface area contributed by atoms with Crippen LogP contribution in [-0.4, -0.2) is 37.4 Å². The lowest BCUT2D eigenvalue weighted by Crippen LogP contribution is -2.38. The third kappa shape index (κ3) is 3.59. The number of carbonyl (C=O) groups is 2. The Morgan fingerprint density at radius 1 is 1.22 bits per heavy atom. The van der Waals surface area contributed by atoms with Gasteiger partial charge in [0.05, 0.1) is 12.1 Å². The van der Waals surface area contributed by atoms with Crippen LogP contribution in [0, 0.1) is 5.92 Å². The SMILES string of the molecule is O=C(ON(C(=O)Oc1cn[nH]n1)c1cnccn1)C1CCCC1. The summed E-state index contributed by atoms with van der Waals surface area (Å²) >= 11 is 0. The van der Waals surface area contributed by atoms with Crippen molar-refractivity contribution >= 4 is 17.9 Å². The highest BCUT2D eigenvalue weighted by Crippen LogP contribution is 2.26. The second-order valence-electron chi connectivity index (χ2n) is 4.93. The maximum absolute atomic E-state index is 12.2. The molecule has 0 bridgehead atoms. The number of hydroxylamine groups is 1. The smallest absolute Gasteiger partial charge is 0.385 e. The summed E-state index contributed by atoms with van der Waals surface area (Å²) in [5.41, 5.74) is 0. The molecule has 0 spiro atoms.